The Morgan fingerprint density at radius 2 is 2.22 bits per heavy atom. The number of thiophene rings is 1. The van der Waals surface area contributed by atoms with Crippen LogP contribution in [-0.2, 0) is 17.6 Å². The van der Waals surface area contributed by atoms with Crippen molar-refractivity contribution in [3.05, 3.63) is 10.4 Å². The summed E-state index contributed by atoms with van der Waals surface area (Å²) in [6.07, 6.45) is 5.28. The molecule has 2 aromatic rings. The fourth-order valence-electron chi connectivity index (χ4n) is 3.75. The van der Waals surface area contributed by atoms with Crippen LogP contribution in [0.3, 0.4) is 0 Å². The van der Waals surface area contributed by atoms with E-state index in [9.17, 15) is 10.1 Å². The molecule has 2 unspecified atom stereocenters. The van der Waals surface area contributed by atoms with Crippen molar-refractivity contribution in [3.63, 3.8) is 0 Å². The van der Waals surface area contributed by atoms with Crippen LogP contribution < -0.4 is 11.1 Å². The second-order valence-electron chi connectivity index (χ2n) is 7.85. The third-order valence-corrected chi connectivity index (χ3v) is 7.52. The van der Waals surface area contributed by atoms with E-state index >= 15 is 0 Å². The molecule has 4 rings (SSSR count). The highest BCUT2D eigenvalue weighted by molar-refractivity contribution is 7.99. The number of aryl methyl sites for hydroxylation is 1. The number of nitrogens with zero attached hydrogens (tertiary/aromatic N) is 3. The second-order valence-corrected chi connectivity index (χ2v) is 9.87. The monoisotopic (exact) mass is 401 g/mol. The molecule has 0 saturated heterocycles. The number of nitrogens with one attached hydrogen (secondary N) is 1. The van der Waals surface area contributed by atoms with Gasteiger partial charge in [0.05, 0.1) is 17.2 Å². The third kappa shape index (κ3) is 3.63. The summed E-state index contributed by atoms with van der Waals surface area (Å²) in [6.45, 7) is 4.07. The van der Waals surface area contributed by atoms with Gasteiger partial charge in [-0.3, -0.25) is 4.79 Å². The molecule has 0 radical (unpaired) electrons. The lowest BCUT2D eigenvalue weighted by Crippen LogP contribution is -2.47. The molecule has 0 aromatic carbocycles. The van der Waals surface area contributed by atoms with Gasteiger partial charge in [0.15, 0.2) is 5.16 Å². The number of carbonyl (C=O) groups is 1. The molecular weight excluding hydrogens is 378 g/mol. The lowest BCUT2D eigenvalue weighted by molar-refractivity contribution is -0.119. The fraction of sp³-hybridized carbons (Fsp3) is 0.579. The number of nitrogen functional groups attached to an aromatic ring is 1. The van der Waals surface area contributed by atoms with E-state index in [-0.39, 0.29) is 17.6 Å². The van der Waals surface area contributed by atoms with Gasteiger partial charge in [0.25, 0.3) is 0 Å². The number of aromatic nitrogens is 2. The summed E-state index contributed by atoms with van der Waals surface area (Å²) in [5.74, 6) is 1.47. The molecule has 0 spiro atoms. The van der Waals surface area contributed by atoms with Crippen molar-refractivity contribution < 1.29 is 4.79 Å². The first-order chi connectivity index (χ1) is 12.9. The summed E-state index contributed by atoms with van der Waals surface area (Å²) in [7, 11) is 0. The summed E-state index contributed by atoms with van der Waals surface area (Å²) in [4.78, 5) is 23.7. The molecule has 2 heterocycles. The van der Waals surface area contributed by atoms with E-state index in [1.54, 1.807) is 18.3 Å². The average molecular weight is 402 g/mol. The van der Waals surface area contributed by atoms with Gasteiger partial charge < -0.3 is 11.1 Å². The van der Waals surface area contributed by atoms with Crippen LogP contribution >= 0.6 is 23.1 Å². The lowest BCUT2D eigenvalue weighted by Gasteiger charge is -2.22. The zero-order valence-corrected chi connectivity index (χ0v) is 17.2. The number of nitrogens with two attached hydrogens (primary N) is 1. The number of hydrogen-bond donors (Lipinski definition) is 2. The lowest BCUT2D eigenvalue weighted by atomic mass is 9.89. The summed E-state index contributed by atoms with van der Waals surface area (Å²) >= 11 is 2.97. The van der Waals surface area contributed by atoms with Crippen molar-refractivity contribution >= 4 is 45.0 Å². The Labute approximate surface area is 166 Å². The standard InChI is InChI=1S/C19H23N5OS2/c1-10-3-6-12-13(7-10)27-17-15(12)16(21)22-18(23-17)26-8-14(25)24-19(2,9-20)11-4-5-11/h10-11H,3-8H2,1-2H3,(H,24,25)(H2,21,22,23). The molecule has 8 heteroatoms. The normalized spacial score (nSPS) is 21.3. The molecule has 3 N–H and O–H groups in total. The number of amides is 1. The maximum absolute atomic E-state index is 12.3. The van der Waals surface area contributed by atoms with Crippen molar-refractivity contribution in [2.45, 2.75) is 56.6 Å². The molecule has 1 saturated carbocycles. The van der Waals surface area contributed by atoms with Crippen molar-refractivity contribution in [2.75, 3.05) is 11.5 Å². The second kappa shape index (κ2) is 6.95. The van der Waals surface area contributed by atoms with Crippen molar-refractivity contribution in [1.29, 1.82) is 5.26 Å². The first-order valence-electron chi connectivity index (χ1n) is 9.32. The number of thioether (sulfide) groups is 1. The van der Waals surface area contributed by atoms with Gasteiger partial charge in [0.1, 0.15) is 16.2 Å². The summed E-state index contributed by atoms with van der Waals surface area (Å²) in [6, 6.07) is 2.24. The quantitative estimate of drug-likeness (QED) is 0.588. The number of fused-ring (bicyclic) bond motifs is 3. The predicted octanol–water partition coefficient (Wildman–Crippen LogP) is 3.30. The van der Waals surface area contributed by atoms with Gasteiger partial charge in [-0.05, 0) is 56.4 Å². The highest BCUT2D eigenvalue weighted by atomic mass is 32.2. The van der Waals surface area contributed by atoms with Gasteiger partial charge in [0.2, 0.25) is 5.91 Å². The Morgan fingerprint density at radius 3 is 2.93 bits per heavy atom. The maximum atomic E-state index is 12.3. The molecule has 0 bridgehead atoms. The molecule has 0 aliphatic heterocycles. The summed E-state index contributed by atoms with van der Waals surface area (Å²) in [5, 5.41) is 13.8. The molecule has 27 heavy (non-hydrogen) atoms. The Kier molecular flexibility index (Phi) is 4.77. The minimum absolute atomic E-state index is 0.169. The topological polar surface area (TPSA) is 105 Å². The molecule has 2 atom stereocenters. The van der Waals surface area contributed by atoms with E-state index in [4.69, 9.17) is 5.73 Å². The van der Waals surface area contributed by atoms with Gasteiger partial charge in [-0.25, -0.2) is 9.97 Å². The Morgan fingerprint density at radius 1 is 1.44 bits per heavy atom. The number of rotatable bonds is 5. The predicted molar refractivity (Wildman–Crippen MR) is 109 cm³/mol. The van der Waals surface area contributed by atoms with E-state index in [1.807, 2.05) is 0 Å². The van der Waals surface area contributed by atoms with Gasteiger partial charge in [-0.15, -0.1) is 11.3 Å². The van der Waals surface area contributed by atoms with Gasteiger partial charge >= 0.3 is 0 Å². The number of hydrogen-bond acceptors (Lipinski definition) is 7. The van der Waals surface area contributed by atoms with Crippen molar-refractivity contribution in [3.8, 4) is 6.07 Å². The van der Waals surface area contributed by atoms with Crippen LogP contribution in [-0.4, -0.2) is 27.2 Å². The molecular formula is C19H23N5OS2. The van der Waals surface area contributed by atoms with Gasteiger partial charge in [-0.2, -0.15) is 5.26 Å². The first kappa shape index (κ1) is 18.5. The van der Waals surface area contributed by atoms with Crippen LogP contribution in [0.4, 0.5) is 5.82 Å². The van der Waals surface area contributed by atoms with E-state index < -0.39 is 5.54 Å². The Balaban J connectivity index is 1.48. The maximum Gasteiger partial charge on any atom is 0.231 e. The highest BCUT2D eigenvalue weighted by Gasteiger charge is 2.43. The Hall–Kier alpha value is -1.85. The third-order valence-electron chi connectivity index (χ3n) is 5.52. The smallest absolute Gasteiger partial charge is 0.231 e. The number of anilines is 1. The molecule has 2 aliphatic carbocycles. The van der Waals surface area contributed by atoms with Crippen molar-refractivity contribution in [2.24, 2.45) is 11.8 Å². The van der Waals surface area contributed by atoms with Crippen molar-refractivity contribution in [1.82, 2.24) is 15.3 Å². The van der Waals surface area contributed by atoms with E-state index in [1.165, 1.54) is 28.6 Å². The van der Waals surface area contributed by atoms with Crippen LogP contribution in [0.2, 0.25) is 0 Å². The largest absolute Gasteiger partial charge is 0.383 e. The van der Waals surface area contributed by atoms with E-state index in [2.05, 4.69) is 28.3 Å². The number of carbonyl (C=O) groups excluding carboxylic acids is 1. The molecule has 6 nitrogen and oxygen atoms in total. The number of nitriles is 1. The van der Waals surface area contributed by atoms with Crippen LogP contribution in [0.25, 0.3) is 10.2 Å². The highest BCUT2D eigenvalue weighted by Crippen LogP contribution is 2.40. The van der Waals surface area contributed by atoms with E-state index in [0.717, 1.165) is 35.9 Å². The fourth-order valence-corrected chi connectivity index (χ4v) is 5.85. The van der Waals surface area contributed by atoms with Crippen LogP contribution in [0.15, 0.2) is 5.16 Å². The van der Waals surface area contributed by atoms with Gasteiger partial charge in [0, 0.05) is 4.88 Å². The molecule has 2 aromatic heterocycles. The zero-order valence-electron chi connectivity index (χ0n) is 15.5. The Bertz CT molecular complexity index is 946. The summed E-state index contributed by atoms with van der Waals surface area (Å²) < 4.78 is 0. The summed E-state index contributed by atoms with van der Waals surface area (Å²) in [5.41, 5.74) is 6.78. The molecule has 2 aliphatic rings. The van der Waals surface area contributed by atoms with Crippen LogP contribution in [0.1, 0.15) is 43.6 Å². The van der Waals surface area contributed by atoms with E-state index in [0.29, 0.717) is 16.9 Å². The average Bonchev–Trinajstić information content (AvgIpc) is 3.41. The van der Waals surface area contributed by atoms with Crippen LogP contribution in [0, 0.1) is 23.2 Å². The van der Waals surface area contributed by atoms with Crippen LogP contribution in [0.5, 0.6) is 0 Å². The SMILES string of the molecule is CC1CCc2c(sc3nc(SCC(=O)NC(C)(C#N)C4CC4)nc(N)c23)C1. The molecule has 142 valence electrons. The minimum Gasteiger partial charge on any atom is -0.383 e. The molecule has 1 amide bonds. The first-order valence-corrected chi connectivity index (χ1v) is 11.1. The minimum atomic E-state index is -0.773. The molecule has 1 fully saturated rings. The van der Waals surface area contributed by atoms with Gasteiger partial charge in [-0.1, -0.05) is 18.7 Å². The zero-order chi connectivity index (χ0) is 19.2.